The van der Waals surface area contributed by atoms with Crippen LogP contribution in [0.15, 0.2) is 18.2 Å². The zero-order valence-corrected chi connectivity index (χ0v) is 12.4. The van der Waals surface area contributed by atoms with Crippen LogP contribution in [0.2, 0.25) is 0 Å². The van der Waals surface area contributed by atoms with Crippen LogP contribution in [0.3, 0.4) is 0 Å². The normalized spacial score (nSPS) is 25.3. The first-order chi connectivity index (χ1) is 8.60. The SMILES string of the molecule is Cc1ccc(F)cc1CN1CC(CBr)OCC1C. The molecule has 1 saturated heterocycles. The molecule has 0 saturated carbocycles. The predicted molar refractivity (Wildman–Crippen MR) is 74.5 cm³/mol. The molecule has 4 heteroatoms. The van der Waals surface area contributed by atoms with Crippen LogP contribution in [0, 0.1) is 12.7 Å². The zero-order valence-electron chi connectivity index (χ0n) is 10.8. The van der Waals surface area contributed by atoms with Crippen molar-refractivity contribution in [2.24, 2.45) is 0 Å². The Morgan fingerprint density at radius 2 is 2.28 bits per heavy atom. The predicted octanol–water partition coefficient (Wildman–Crippen LogP) is 3.12. The molecule has 1 aliphatic rings. The number of benzene rings is 1. The van der Waals surface area contributed by atoms with E-state index in [2.05, 4.69) is 27.8 Å². The van der Waals surface area contributed by atoms with Crippen molar-refractivity contribution in [2.75, 3.05) is 18.5 Å². The van der Waals surface area contributed by atoms with Gasteiger partial charge < -0.3 is 4.74 Å². The van der Waals surface area contributed by atoms with Crippen LogP contribution in [0.1, 0.15) is 18.1 Å². The van der Waals surface area contributed by atoms with E-state index in [1.807, 2.05) is 13.0 Å². The molecule has 0 radical (unpaired) electrons. The van der Waals surface area contributed by atoms with E-state index in [9.17, 15) is 4.39 Å². The van der Waals surface area contributed by atoms with Crippen LogP contribution in [-0.2, 0) is 11.3 Å². The molecule has 100 valence electrons. The van der Waals surface area contributed by atoms with Gasteiger partial charge in [-0.25, -0.2) is 4.39 Å². The molecule has 1 aromatic carbocycles. The van der Waals surface area contributed by atoms with Crippen molar-refractivity contribution >= 4 is 15.9 Å². The number of alkyl halides is 1. The molecular formula is C14H19BrFNO. The Hall–Kier alpha value is -0.450. The smallest absolute Gasteiger partial charge is 0.123 e. The van der Waals surface area contributed by atoms with E-state index in [1.54, 1.807) is 6.07 Å². The summed E-state index contributed by atoms with van der Waals surface area (Å²) < 4.78 is 19.0. The minimum Gasteiger partial charge on any atom is -0.374 e. The van der Waals surface area contributed by atoms with Crippen LogP contribution < -0.4 is 0 Å². The van der Waals surface area contributed by atoms with Crippen molar-refractivity contribution in [1.82, 2.24) is 4.90 Å². The second kappa shape index (κ2) is 6.13. The quantitative estimate of drug-likeness (QED) is 0.795. The fraction of sp³-hybridized carbons (Fsp3) is 0.571. The van der Waals surface area contributed by atoms with E-state index in [0.29, 0.717) is 6.04 Å². The Morgan fingerprint density at radius 1 is 1.50 bits per heavy atom. The Kier molecular flexibility index (Phi) is 4.76. The monoisotopic (exact) mass is 315 g/mol. The van der Waals surface area contributed by atoms with E-state index in [4.69, 9.17) is 4.74 Å². The topological polar surface area (TPSA) is 12.5 Å². The minimum atomic E-state index is -0.159. The van der Waals surface area contributed by atoms with Gasteiger partial charge in [-0.05, 0) is 37.1 Å². The summed E-state index contributed by atoms with van der Waals surface area (Å²) in [4.78, 5) is 2.36. The molecule has 0 amide bonds. The molecule has 0 spiro atoms. The number of rotatable bonds is 3. The number of ether oxygens (including phenoxy) is 1. The number of aryl methyl sites for hydroxylation is 1. The average molecular weight is 316 g/mol. The van der Waals surface area contributed by atoms with Crippen LogP contribution in [0.5, 0.6) is 0 Å². The zero-order chi connectivity index (χ0) is 13.1. The minimum absolute atomic E-state index is 0.159. The average Bonchev–Trinajstić information content (AvgIpc) is 2.36. The largest absolute Gasteiger partial charge is 0.374 e. The summed E-state index contributed by atoms with van der Waals surface area (Å²) in [7, 11) is 0. The van der Waals surface area contributed by atoms with Gasteiger partial charge in [-0.1, -0.05) is 22.0 Å². The van der Waals surface area contributed by atoms with E-state index in [0.717, 1.165) is 36.2 Å². The van der Waals surface area contributed by atoms with Gasteiger partial charge in [0.05, 0.1) is 12.7 Å². The maximum absolute atomic E-state index is 13.3. The number of hydrogen-bond donors (Lipinski definition) is 0. The number of hydrogen-bond acceptors (Lipinski definition) is 2. The van der Waals surface area contributed by atoms with Crippen LogP contribution in [0.4, 0.5) is 4.39 Å². The van der Waals surface area contributed by atoms with Gasteiger partial charge in [0.25, 0.3) is 0 Å². The van der Waals surface area contributed by atoms with E-state index < -0.39 is 0 Å². The molecule has 0 N–H and O–H groups in total. The molecule has 0 aliphatic carbocycles. The molecule has 2 rings (SSSR count). The summed E-state index contributed by atoms with van der Waals surface area (Å²) in [6, 6.07) is 5.38. The molecule has 1 aromatic rings. The van der Waals surface area contributed by atoms with Gasteiger partial charge in [-0.2, -0.15) is 0 Å². The fourth-order valence-electron chi connectivity index (χ4n) is 2.22. The maximum atomic E-state index is 13.3. The van der Waals surface area contributed by atoms with Crippen molar-refractivity contribution in [3.63, 3.8) is 0 Å². The standard InChI is InChI=1S/C14H19BrFNO/c1-10-3-4-13(16)5-12(10)7-17-8-14(6-15)18-9-11(17)2/h3-5,11,14H,6-9H2,1-2H3. The summed E-state index contributed by atoms with van der Waals surface area (Å²) in [6.45, 7) is 6.60. The highest BCUT2D eigenvalue weighted by Crippen LogP contribution is 2.19. The second-order valence-corrected chi connectivity index (χ2v) is 5.61. The summed E-state index contributed by atoms with van der Waals surface area (Å²) in [6.07, 6.45) is 0.232. The van der Waals surface area contributed by atoms with Crippen LogP contribution in [0.25, 0.3) is 0 Å². The lowest BCUT2D eigenvalue weighted by Gasteiger charge is -2.37. The molecule has 18 heavy (non-hydrogen) atoms. The third-order valence-electron chi connectivity index (χ3n) is 3.49. The molecule has 2 atom stereocenters. The number of nitrogens with zero attached hydrogens (tertiary/aromatic N) is 1. The highest BCUT2D eigenvalue weighted by Gasteiger charge is 2.25. The van der Waals surface area contributed by atoms with Gasteiger partial charge in [0.15, 0.2) is 0 Å². The maximum Gasteiger partial charge on any atom is 0.123 e. The lowest BCUT2D eigenvalue weighted by molar-refractivity contribution is -0.0500. The summed E-state index contributed by atoms with van der Waals surface area (Å²) >= 11 is 3.46. The van der Waals surface area contributed by atoms with Crippen LogP contribution in [-0.4, -0.2) is 35.5 Å². The third kappa shape index (κ3) is 3.31. The highest BCUT2D eigenvalue weighted by molar-refractivity contribution is 9.09. The van der Waals surface area contributed by atoms with Gasteiger partial charge in [-0.15, -0.1) is 0 Å². The summed E-state index contributed by atoms with van der Waals surface area (Å²) in [5.41, 5.74) is 2.21. The van der Waals surface area contributed by atoms with Gasteiger partial charge >= 0.3 is 0 Å². The van der Waals surface area contributed by atoms with E-state index in [1.165, 1.54) is 6.07 Å². The molecule has 1 fully saturated rings. The highest BCUT2D eigenvalue weighted by atomic mass is 79.9. The first-order valence-corrected chi connectivity index (χ1v) is 7.39. The molecule has 0 aromatic heterocycles. The Labute approximate surface area is 116 Å². The van der Waals surface area contributed by atoms with E-state index in [-0.39, 0.29) is 11.9 Å². The lowest BCUT2D eigenvalue weighted by atomic mass is 10.1. The van der Waals surface area contributed by atoms with Gasteiger partial charge in [0.1, 0.15) is 5.82 Å². The second-order valence-electron chi connectivity index (χ2n) is 4.96. The Morgan fingerprint density at radius 3 is 3.00 bits per heavy atom. The van der Waals surface area contributed by atoms with Crippen molar-refractivity contribution in [3.05, 3.63) is 35.1 Å². The fourth-order valence-corrected chi connectivity index (χ4v) is 2.61. The molecule has 2 nitrogen and oxygen atoms in total. The first kappa shape index (κ1) is 14.0. The Bertz CT molecular complexity index is 413. The van der Waals surface area contributed by atoms with Crippen molar-refractivity contribution in [1.29, 1.82) is 0 Å². The lowest BCUT2D eigenvalue weighted by Crippen LogP contribution is -2.48. The van der Waals surface area contributed by atoms with Crippen molar-refractivity contribution < 1.29 is 9.13 Å². The molecule has 2 unspecified atom stereocenters. The molecule has 1 heterocycles. The third-order valence-corrected chi connectivity index (χ3v) is 4.21. The number of halogens is 2. The molecule has 1 aliphatic heterocycles. The van der Waals surface area contributed by atoms with Gasteiger partial charge in [0, 0.05) is 24.5 Å². The van der Waals surface area contributed by atoms with Crippen molar-refractivity contribution in [3.8, 4) is 0 Å². The number of morpholine rings is 1. The van der Waals surface area contributed by atoms with Gasteiger partial charge in [0.2, 0.25) is 0 Å². The summed E-state index contributed by atoms with van der Waals surface area (Å²) in [5, 5.41) is 0.846. The van der Waals surface area contributed by atoms with Crippen molar-refractivity contribution in [2.45, 2.75) is 32.5 Å². The summed E-state index contributed by atoms with van der Waals surface area (Å²) in [5.74, 6) is -0.159. The molecule has 0 bridgehead atoms. The first-order valence-electron chi connectivity index (χ1n) is 6.26. The van der Waals surface area contributed by atoms with Gasteiger partial charge in [-0.3, -0.25) is 4.90 Å². The van der Waals surface area contributed by atoms with E-state index >= 15 is 0 Å². The Balaban J connectivity index is 2.09. The molecular weight excluding hydrogens is 297 g/mol. The van der Waals surface area contributed by atoms with Crippen LogP contribution >= 0.6 is 15.9 Å².